The highest BCUT2D eigenvalue weighted by Gasteiger charge is 2.14. The first-order valence-electron chi connectivity index (χ1n) is 6.52. The second-order valence-electron chi connectivity index (χ2n) is 5.60. The molecular formula is C15H19FN4. The summed E-state index contributed by atoms with van der Waals surface area (Å²) in [4.78, 5) is 8.11. The van der Waals surface area contributed by atoms with Gasteiger partial charge in [0.25, 0.3) is 0 Å². The van der Waals surface area contributed by atoms with E-state index in [1.54, 1.807) is 0 Å². The average molecular weight is 274 g/mol. The van der Waals surface area contributed by atoms with Crippen LogP contribution in [0.25, 0.3) is 0 Å². The molecular weight excluding hydrogens is 255 g/mol. The number of nitrogens with zero attached hydrogens (tertiary/aromatic N) is 2. The SMILES string of the molecule is CC(C)(C)Nc1nc(NCc2ccccc2)ncc1F. The number of benzene rings is 1. The van der Waals surface area contributed by atoms with Crippen LogP contribution in [0.2, 0.25) is 0 Å². The van der Waals surface area contributed by atoms with Gasteiger partial charge in [-0.05, 0) is 26.3 Å². The maximum absolute atomic E-state index is 13.6. The monoisotopic (exact) mass is 274 g/mol. The van der Waals surface area contributed by atoms with Gasteiger partial charge in [-0.25, -0.2) is 9.37 Å². The van der Waals surface area contributed by atoms with Crippen molar-refractivity contribution in [2.75, 3.05) is 10.6 Å². The van der Waals surface area contributed by atoms with Crippen LogP contribution in [-0.4, -0.2) is 15.5 Å². The third-order valence-corrected chi connectivity index (χ3v) is 2.53. The van der Waals surface area contributed by atoms with Gasteiger partial charge in [-0.2, -0.15) is 4.98 Å². The molecule has 2 aromatic rings. The lowest BCUT2D eigenvalue weighted by molar-refractivity contribution is 0.586. The van der Waals surface area contributed by atoms with Crippen LogP contribution in [-0.2, 0) is 6.54 Å². The number of aromatic nitrogens is 2. The Morgan fingerprint density at radius 2 is 1.85 bits per heavy atom. The van der Waals surface area contributed by atoms with E-state index < -0.39 is 5.82 Å². The third kappa shape index (κ3) is 4.19. The number of anilines is 2. The van der Waals surface area contributed by atoms with E-state index in [1.165, 1.54) is 6.20 Å². The Morgan fingerprint density at radius 3 is 2.50 bits per heavy atom. The maximum atomic E-state index is 13.6. The summed E-state index contributed by atoms with van der Waals surface area (Å²) >= 11 is 0. The summed E-state index contributed by atoms with van der Waals surface area (Å²) in [5.74, 6) is 0.162. The van der Waals surface area contributed by atoms with E-state index in [0.717, 1.165) is 5.56 Å². The van der Waals surface area contributed by atoms with Gasteiger partial charge in [0.1, 0.15) is 0 Å². The zero-order valence-electron chi connectivity index (χ0n) is 11.9. The van der Waals surface area contributed by atoms with Gasteiger partial charge in [0.05, 0.1) is 6.20 Å². The van der Waals surface area contributed by atoms with Gasteiger partial charge < -0.3 is 10.6 Å². The highest BCUT2D eigenvalue weighted by Crippen LogP contribution is 2.17. The van der Waals surface area contributed by atoms with E-state index in [2.05, 4.69) is 20.6 Å². The van der Waals surface area contributed by atoms with Crippen molar-refractivity contribution in [2.24, 2.45) is 0 Å². The van der Waals surface area contributed by atoms with Gasteiger partial charge in [0.15, 0.2) is 11.6 Å². The molecule has 0 fully saturated rings. The fourth-order valence-electron chi connectivity index (χ4n) is 1.67. The van der Waals surface area contributed by atoms with Gasteiger partial charge in [-0.15, -0.1) is 0 Å². The van der Waals surface area contributed by atoms with E-state index in [4.69, 9.17) is 0 Å². The zero-order chi connectivity index (χ0) is 14.6. The molecule has 2 rings (SSSR count). The summed E-state index contributed by atoms with van der Waals surface area (Å²) in [6.07, 6.45) is 1.18. The Labute approximate surface area is 118 Å². The summed E-state index contributed by atoms with van der Waals surface area (Å²) in [7, 11) is 0. The minimum atomic E-state index is -0.454. The van der Waals surface area contributed by atoms with Crippen LogP contribution in [0, 0.1) is 5.82 Å². The van der Waals surface area contributed by atoms with Gasteiger partial charge >= 0.3 is 0 Å². The summed E-state index contributed by atoms with van der Waals surface area (Å²) in [6.45, 7) is 6.45. The molecule has 0 saturated carbocycles. The van der Waals surface area contributed by atoms with Gasteiger partial charge in [-0.3, -0.25) is 0 Å². The Bertz CT molecular complexity index is 564. The van der Waals surface area contributed by atoms with Crippen LogP contribution in [0.1, 0.15) is 26.3 Å². The molecule has 0 spiro atoms. The smallest absolute Gasteiger partial charge is 0.225 e. The molecule has 1 aromatic heterocycles. The average Bonchev–Trinajstić information content (AvgIpc) is 2.39. The first kappa shape index (κ1) is 14.2. The molecule has 0 saturated heterocycles. The van der Waals surface area contributed by atoms with E-state index in [0.29, 0.717) is 12.5 Å². The minimum Gasteiger partial charge on any atom is -0.363 e. The lowest BCUT2D eigenvalue weighted by atomic mass is 10.1. The maximum Gasteiger partial charge on any atom is 0.225 e. The zero-order valence-corrected chi connectivity index (χ0v) is 11.9. The van der Waals surface area contributed by atoms with Crippen molar-refractivity contribution >= 4 is 11.8 Å². The lowest BCUT2D eigenvalue weighted by Gasteiger charge is -2.21. The quantitative estimate of drug-likeness (QED) is 0.896. The minimum absolute atomic E-state index is 0.211. The van der Waals surface area contributed by atoms with Crippen molar-refractivity contribution in [1.82, 2.24) is 9.97 Å². The number of hydrogen-bond donors (Lipinski definition) is 2. The largest absolute Gasteiger partial charge is 0.363 e. The van der Waals surface area contributed by atoms with Crippen molar-refractivity contribution in [2.45, 2.75) is 32.9 Å². The van der Waals surface area contributed by atoms with Crippen LogP contribution < -0.4 is 10.6 Å². The van der Waals surface area contributed by atoms with E-state index in [1.807, 2.05) is 51.1 Å². The predicted octanol–water partition coefficient (Wildman–Crippen LogP) is 3.44. The first-order chi connectivity index (χ1) is 9.44. The van der Waals surface area contributed by atoms with Gasteiger partial charge in [0, 0.05) is 12.1 Å². The van der Waals surface area contributed by atoms with Crippen LogP contribution in [0.4, 0.5) is 16.2 Å². The van der Waals surface area contributed by atoms with Crippen LogP contribution in [0.15, 0.2) is 36.5 Å². The summed E-state index contributed by atoms with van der Waals surface area (Å²) in [5.41, 5.74) is 0.858. The van der Waals surface area contributed by atoms with E-state index in [9.17, 15) is 4.39 Å². The van der Waals surface area contributed by atoms with Gasteiger partial charge in [0.2, 0.25) is 5.95 Å². The normalized spacial score (nSPS) is 11.2. The molecule has 0 atom stereocenters. The van der Waals surface area contributed by atoms with Crippen molar-refractivity contribution in [3.05, 3.63) is 47.9 Å². The molecule has 2 N–H and O–H groups in total. The highest BCUT2D eigenvalue weighted by molar-refractivity contribution is 5.43. The fourth-order valence-corrected chi connectivity index (χ4v) is 1.67. The fraction of sp³-hybridized carbons (Fsp3) is 0.333. The molecule has 4 nitrogen and oxygen atoms in total. The van der Waals surface area contributed by atoms with Crippen LogP contribution in [0.5, 0.6) is 0 Å². The Balaban J connectivity index is 2.07. The molecule has 5 heteroatoms. The number of rotatable bonds is 4. The summed E-state index contributed by atoms with van der Waals surface area (Å²) < 4.78 is 13.6. The Morgan fingerprint density at radius 1 is 1.15 bits per heavy atom. The Hall–Kier alpha value is -2.17. The summed E-state index contributed by atoms with van der Waals surface area (Å²) in [5, 5.41) is 6.11. The van der Waals surface area contributed by atoms with Gasteiger partial charge in [-0.1, -0.05) is 30.3 Å². The molecule has 0 bridgehead atoms. The second-order valence-corrected chi connectivity index (χ2v) is 5.60. The first-order valence-corrected chi connectivity index (χ1v) is 6.52. The van der Waals surface area contributed by atoms with Crippen molar-refractivity contribution < 1.29 is 4.39 Å². The third-order valence-electron chi connectivity index (χ3n) is 2.53. The molecule has 1 heterocycles. The number of halogens is 1. The molecule has 0 aliphatic heterocycles. The van der Waals surface area contributed by atoms with Crippen molar-refractivity contribution in [1.29, 1.82) is 0 Å². The number of nitrogens with one attached hydrogen (secondary N) is 2. The molecule has 0 aliphatic carbocycles. The van der Waals surface area contributed by atoms with Crippen LogP contribution >= 0.6 is 0 Å². The molecule has 0 unspecified atom stereocenters. The number of hydrogen-bond acceptors (Lipinski definition) is 4. The van der Waals surface area contributed by atoms with E-state index >= 15 is 0 Å². The molecule has 0 radical (unpaired) electrons. The highest BCUT2D eigenvalue weighted by atomic mass is 19.1. The molecule has 0 amide bonds. The molecule has 1 aromatic carbocycles. The molecule has 0 aliphatic rings. The lowest BCUT2D eigenvalue weighted by Crippen LogP contribution is -2.27. The molecule has 106 valence electrons. The van der Waals surface area contributed by atoms with Crippen molar-refractivity contribution in [3.63, 3.8) is 0 Å². The standard InChI is InChI=1S/C15H19FN4/c1-15(2,3)20-13-12(16)10-18-14(19-13)17-9-11-7-5-4-6-8-11/h4-8,10H,9H2,1-3H3,(H2,17,18,19,20). The van der Waals surface area contributed by atoms with Crippen LogP contribution in [0.3, 0.4) is 0 Å². The Kier molecular flexibility index (Phi) is 4.17. The topological polar surface area (TPSA) is 49.8 Å². The predicted molar refractivity (Wildman–Crippen MR) is 79.1 cm³/mol. The second kappa shape index (κ2) is 5.86. The molecule has 20 heavy (non-hydrogen) atoms. The van der Waals surface area contributed by atoms with E-state index in [-0.39, 0.29) is 11.4 Å². The summed E-state index contributed by atoms with van der Waals surface area (Å²) in [6, 6.07) is 9.91. The van der Waals surface area contributed by atoms with Crippen molar-refractivity contribution in [3.8, 4) is 0 Å².